The molecule has 5 nitrogen and oxygen atoms in total. The molecule has 0 radical (unpaired) electrons. The number of para-hydroxylation sites is 1. The minimum Gasteiger partial charge on any atom is -0.335 e. The summed E-state index contributed by atoms with van der Waals surface area (Å²) in [5.74, 6) is -0.540. The Morgan fingerprint density at radius 2 is 1.70 bits per heavy atom. The Bertz CT molecular complexity index is 767. The Morgan fingerprint density at radius 1 is 1.04 bits per heavy atom. The van der Waals surface area contributed by atoms with Gasteiger partial charge < -0.3 is 5.32 Å². The van der Waals surface area contributed by atoms with Gasteiger partial charge in [-0.3, -0.25) is 9.59 Å². The Balaban J connectivity index is 1.77. The first-order chi connectivity index (χ1) is 11.1. The van der Waals surface area contributed by atoms with Crippen LogP contribution < -0.4 is 10.3 Å². The first-order valence-corrected chi connectivity index (χ1v) is 7.38. The molecule has 2 aromatic rings. The van der Waals surface area contributed by atoms with Gasteiger partial charge >= 0.3 is 0 Å². The number of benzene rings is 2. The molecule has 2 aromatic carbocycles. The first kappa shape index (κ1) is 15.0. The number of rotatable bonds is 3. The van der Waals surface area contributed by atoms with Crippen LogP contribution in [0.15, 0.2) is 59.7 Å². The smallest absolute Gasteiger partial charge is 0.275 e. The van der Waals surface area contributed by atoms with Crippen LogP contribution in [0.3, 0.4) is 0 Å². The molecule has 116 valence electrons. The molecule has 5 heteroatoms. The third kappa shape index (κ3) is 2.99. The highest BCUT2D eigenvalue weighted by molar-refractivity contribution is 6.20. The van der Waals surface area contributed by atoms with Gasteiger partial charge in [-0.25, -0.2) is 0 Å². The maximum Gasteiger partial charge on any atom is 0.275 e. The van der Waals surface area contributed by atoms with Crippen LogP contribution in [0.1, 0.15) is 22.8 Å². The summed E-state index contributed by atoms with van der Waals surface area (Å²) in [6, 6.07) is 15.6. The normalized spacial score (nSPS) is 17.1. The van der Waals surface area contributed by atoms with Crippen molar-refractivity contribution < 1.29 is 9.59 Å². The number of nitrogens with zero attached hydrogens (tertiary/aromatic N) is 2. The standard InChI is InChI=1S/C18H17N3O2/c1-12-8-10-14(11-9-12)17(22)19-16-13(2)20-21(18(16)23)15-6-4-3-5-7-15/h3-11,16H,1-2H3,(H,19,22)/t16-/m1/s1. The van der Waals surface area contributed by atoms with Crippen LogP contribution in [0.4, 0.5) is 5.69 Å². The molecule has 0 fully saturated rings. The molecule has 0 unspecified atom stereocenters. The van der Waals surface area contributed by atoms with Crippen molar-refractivity contribution in [3.05, 3.63) is 65.7 Å². The van der Waals surface area contributed by atoms with Crippen LogP contribution in [-0.4, -0.2) is 23.6 Å². The van der Waals surface area contributed by atoms with Crippen molar-refractivity contribution in [2.45, 2.75) is 19.9 Å². The van der Waals surface area contributed by atoms with Gasteiger partial charge in [0.15, 0.2) is 6.04 Å². The molecule has 1 N–H and O–H groups in total. The Hall–Kier alpha value is -2.95. The van der Waals surface area contributed by atoms with Crippen molar-refractivity contribution in [3.63, 3.8) is 0 Å². The zero-order chi connectivity index (χ0) is 16.4. The zero-order valence-corrected chi connectivity index (χ0v) is 13.0. The van der Waals surface area contributed by atoms with E-state index in [1.807, 2.05) is 37.3 Å². The van der Waals surface area contributed by atoms with E-state index in [4.69, 9.17) is 0 Å². The van der Waals surface area contributed by atoms with Crippen molar-refractivity contribution in [2.75, 3.05) is 5.01 Å². The van der Waals surface area contributed by atoms with E-state index < -0.39 is 6.04 Å². The molecule has 23 heavy (non-hydrogen) atoms. The molecular weight excluding hydrogens is 290 g/mol. The SMILES string of the molecule is CC1=NN(c2ccccc2)C(=O)[C@@H]1NC(=O)c1ccc(C)cc1. The van der Waals surface area contributed by atoms with E-state index in [0.717, 1.165) is 5.56 Å². The number of aryl methyl sites for hydroxylation is 1. The fourth-order valence-electron chi connectivity index (χ4n) is 2.41. The molecule has 1 heterocycles. The summed E-state index contributed by atoms with van der Waals surface area (Å²) in [6.07, 6.45) is 0. The van der Waals surface area contributed by atoms with E-state index in [0.29, 0.717) is 17.0 Å². The summed E-state index contributed by atoms with van der Waals surface area (Å²) in [5, 5.41) is 8.35. The van der Waals surface area contributed by atoms with E-state index in [1.54, 1.807) is 31.2 Å². The van der Waals surface area contributed by atoms with Crippen molar-refractivity contribution in [1.29, 1.82) is 0 Å². The maximum atomic E-state index is 12.5. The monoisotopic (exact) mass is 307 g/mol. The van der Waals surface area contributed by atoms with E-state index in [9.17, 15) is 9.59 Å². The van der Waals surface area contributed by atoms with Crippen LogP contribution in [-0.2, 0) is 4.79 Å². The molecular formula is C18H17N3O2. The van der Waals surface area contributed by atoms with Gasteiger partial charge in [0.2, 0.25) is 0 Å². The van der Waals surface area contributed by atoms with E-state index in [1.165, 1.54) is 5.01 Å². The van der Waals surface area contributed by atoms with Crippen molar-refractivity contribution >= 4 is 23.2 Å². The highest BCUT2D eigenvalue weighted by Gasteiger charge is 2.35. The first-order valence-electron chi connectivity index (χ1n) is 7.38. The molecule has 1 aliphatic heterocycles. The third-order valence-electron chi connectivity index (χ3n) is 3.72. The molecule has 0 aromatic heterocycles. The van der Waals surface area contributed by atoms with Crippen molar-refractivity contribution in [3.8, 4) is 0 Å². The van der Waals surface area contributed by atoms with Crippen molar-refractivity contribution in [1.82, 2.24) is 5.32 Å². The number of hydrogen-bond donors (Lipinski definition) is 1. The summed E-state index contributed by atoms with van der Waals surface area (Å²) in [7, 11) is 0. The molecule has 0 bridgehead atoms. The average Bonchev–Trinajstić information content (AvgIpc) is 2.84. The van der Waals surface area contributed by atoms with Gasteiger partial charge in [0.25, 0.3) is 11.8 Å². The van der Waals surface area contributed by atoms with Crippen LogP contribution in [0, 0.1) is 6.92 Å². The summed E-state index contributed by atoms with van der Waals surface area (Å²) in [6.45, 7) is 3.69. The Kier molecular flexibility index (Phi) is 3.93. The maximum absolute atomic E-state index is 12.5. The number of hydrogen-bond acceptors (Lipinski definition) is 3. The van der Waals surface area contributed by atoms with Gasteiger partial charge in [-0.15, -0.1) is 0 Å². The number of carbonyl (C=O) groups is 2. The number of anilines is 1. The molecule has 1 aliphatic rings. The summed E-state index contributed by atoms with van der Waals surface area (Å²) >= 11 is 0. The van der Waals surface area contributed by atoms with Gasteiger partial charge in [-0.2, -0.15) is 10.1 Å². The zero-order valence-electron chi connectivity index (χ0n) is 13.0. The fraction of sp³-hybridized carbons (Fsp3) is 0.167. The average molecular weight is 307 g/mol. The lowest BCUT2D eigenvalue weighted by molar-refractivity contribution is -0.118. The third-order valence-corrected chi connectivity index (χ3v) is 3.72. The molecule has 2 amide bonds. The lowest BCUT2D eigenvalue weighted by atomic mass is 10.1. The predicted octanol–water partition coefficient (Wildman–Crippen LogP) is 2.52. The van der Waals surface area contributed by atoms with Gasteiger partial charge in [-0.1, -0.05) is 35.9 Å². The van der Waals surface area contributed by atoms with Gasteiger partial charge in [0, 0.05) is 5.56 Å². The quantitative estimate of drug-likeness (QED) is 0.947. The van der Waals surface area contributed by atoms with Crippen LogP contribution in [0.25, 0.3) is 0 Å². The topological polar surface area (TPSA) is 61.8 Å². The molecule has 0 aliphatic carbocycles. The van der Waals surface area contributed by atoms with Gasteiger partial charge in [0.05, 0.1) is 11.4 Å². The lowest BCUT2D eigenvalue weighted by Crippen LogP contribution is -2.45. The highest BCUT2D eigenvalue weighted by Crippen LogP contribution is 2.20. The Morgan fingerprint density at radius 3 is 2.35 bits per heavy atom. The van der Waals surface area contributed by atoms with Crippen LogP contribution in [0.2, 0.25) is 0 Å². The highest BCUT2D eigenvalue weighted by atomic mass is 16.2. The number of hydrazone groups is 1. The number of nitrogens with one attached hydrogen (secondary N) is 1. The Labute approximate surface area is 134 Å². The van der Waals surface area contributed by atoms with Crippen LogP contribution >= 0.6 is 0 Å². The lowest BCUT2D eigenvalue weighted by Gasteiger charge is -2.15. The fourth-order valence-corrected chi connectivity index (χ4v) is 2.41. The second-order valence-electron chi connectivity index (χ2n) is 5.50. The molecule has 3 rings (SSSR count). The number of amides is 2. The molecule has 0 saturated carbocycles. The second kappa shape index (κ2) is 6.04. The van der Waals surface area contributed by atoms with Crippen molar-refractivity contribution in [2.24, 2.45) is 5.10 Å². The summed E-state index contributed by atoms with van der Waals surface area (Å²) in [5.41, 5.74) is 2.85. The van der Waals surface area contributed by atoms with Gasteiger partial charge in [0.1, 0.15) is 0 Å². The minimum atomic E-state index is -0.732. The molecule has 0 saturated heterocycles. The van der Waals surface area contributed by atoms with Crippen LogP contribution in [0.5, 0.6) is 0 Å². The molecule has 0 spiro atoms. The van der Waals surface area contributed by atoms with E-state index >= 15 is 0 Å². The van der Waals surface area contributed by atoms with E-state index in [-0.39, 0.29) is 11.8 Å². The molecule has 1 atom stereocenters. The van der Waals surface area contributed by atoms with E-state index in [2.05, 4.69) is 10.4 Å². The number of carbonyl (C=O) groups excluding carboxylic acids is 2. The van der Waals surface area contributed by atoms with Gasteiger partial charge in [-0.05, 0) is 38.1 Å². The predicted molar refractivity (Wildman–Crippen MR) is 89.5 cm³/mol. The summed E-state index contributed by atoms with van der Waals surface area (Å²) in [4.78, 5) is 24.8. The second-order valence-corrected chi connectivity index (χ2v) is 5.50. The largest absolute Gasteiger partial charge is 0.335 e. The minimum absolute atomic E-state index is 0.255. The summed E-state index contributed by atoms with van der Waals surface area (Å²) < 4.78 is 0.